The summed E-state index contributed by atoms with van der Waals surface area (Å²) in [6.45, 7) is 3.75. The maximum Gasteiger partial charge on any atom is 0.311 e. The van der Waals surface area contributed by atoms with Gasteiger partial charge < -0.3 is 10.4 Å². The van der Waals surface area contributed by atoms with Crippen molar-refractivity contribution in [2.75, 3.05) is 6.54 Å². The molecule has 0 aromatic heterocycles. The minimum Gasteiger partial charge on any atom is -0.481 e. The number of amides is 1. The number of rotatable bonds is 8. The molecule has 1 amide bonds. The smallest absolute Gasteiger partial charge is 0.311 e. The van der Waals surface area contributed by atoms with Crippen LogP contribution < -0.4 is 10.0 Å². The van der Waals surface area contributed by atoms with Gasteiger partial charge >= 0.3 is 5.97 Å². The van der Waals surface area contributed by atoms with E-state index in [0.29, 0.717) is 24.8 Å². The molecule has 1 aliphatic carbocycles. The highest BCUT2D eigenvalue weighted by molar-refractivity contribution is 7.89. The molecule has 0 spiro atoms. The molecule has 150 valence electrons. The minimum atomic E-state index is -3.62. The average Bonchev–Trinajstić information content (AvgIpc) is 2.66. The lowest BCUT2D eigenvalue weighted by atomic mass is 9.74. The van der Waals surface area contributed by atoms with E-state index in [2.05, 4.69) is 10.0 Å². The van der Waals surface area contributed by atoms with Gasteiger partial charge in [0.1, 0.15) is 0 Å². The molecule has 0 radical (unpaired) electrons. The molecule has 2 rings (SSSR count). The fourth-order valence-electron chi connectivity index (χ4n) is 3.25. The van der Waals surface area contributed by atoms with Gasteiger partial charge in [0, 0.05) is 18.2 Å². The summed E-state index contributed by atoms with van der Waals surface area (Å²) in [6.07, 6.45) is 4.49. The van der Waals surface area contributed by atoms with E-state index in [1.54, 1.807) is 6.92 Å². The molecule has 0 aliphatic heterocycles. The van der Waals surface area contributed by atoms with Crippen LogP contribution in [0.15, 0.2) is 29.2 Å². The van der Waals surface area contributed by atoms with Crippen LogP contribution >= 0.6 is 0 Å². The third-order valence-corrected chi connectivity index (χ3v) is 6.85. The molecular formula is C19H28N2O5S. The van der Waals surface area contributed by atoms with Gasteiger partial charge in [0.05, 0.1) is 10.3 Å². The minimum absolute atomic E-state index is 0.0801. The molecule has 27 heavy (non-hydrogen) atoms. The number of hydrogen-bond donors (Lipinski definition) is 3. The fraction of sp³-hybridized carbons (Fsp3) is 0.579. The quantitative estimate of drug-likeness (QED) is 0.625. The number of aliphatic carboxylic acids is 1. The normalized spacial score (nSPS) is 17.9. The molecule has 0 heterocycles. The average molecular weight is 397 g/mol. The first-order valence-electron chi connectivity index (χ1n) is 9.34. The van der Waals surface area contributed by atoms with Gasteiger partial charge in [-0.1, -0.05) is 26.2 Å². The Balaban J connectivity index is 2.04. The van der Waals surface area contributed by atoms with Crippen molar-refractivity contribution in [2.45, 2.75) is 63.3 Å². The number of benzene rings is 1. The predicted octanol–water partition coefficient (Wildman–Crippen LogP) is 2.53. The number of carbonyl (C=O) groups excluding carboxylic acids is 1. The molecule has 3 N–H and O–H groups in total. The number of hydrogen-bond acceptors (Lipinski definition) is 4. The van der Waals surface area contributed by atoms with E-state index in [-0.39, 0.29) is 17.5 Å². The zero-order chi connectivity index (χ0) is 20.1. The van der Waals surface area contributed by atoms with Crippen LogP contribution in [0.4, 0.5) is 0 Å². The summed E-state index contributed by atoms with van der Waals surface area (Å²) in [6, 6.07) is 5.46. The van der Waals surface area contributed by atoms with Crippen molar-refractivity contribution in [2.24, 2.45) is 5.41 Å². The summed E-state index contributed by atoms with van der Waals surface area (Å²) in [5.41, 5.74) is -0.606. The van der Waals surface area contributed by atoms with Gasteiger partial charge in [0.15, 0.2) is 0 Å². The highest BCUT2D eigenvalue weighted by Crippen LogP contribution is 2.36. The van der Waals surface area contributed by atoms with Crippen LogP contribution in [-0.2, 0) is 14.8 Å². The highest BCUT2D eigenvalue weighted by atomic mass is 32.2. The molecule has 1 aromatic rings. The van der Waals surface area contributed by atoms with Gasteiger partial charge in [-0.3, -0.25) is 9.59 Å². The monoisotopic (exact) mass is 396 g/mol. The Morgan fingerprint density at radius 2 is 1.74 bits per heavy atom. The van der Waals surface area contributed by atoms with Gasteiger partial charge in [0.25, 0.3) is 5.91 Å². The van der Waals surface area contributed by atoms with Crippen molar-refractivity contribution in [1.82, 2.24) is 10.0 Å². The van der Waals surface area contributed by atoms with Crippen molar-refractivity contribution in [3.63, 3.8) is 0 Å². The Morgan fingerprint density at radius 3 is 2.26 bits per heavy atom. The Hall–Kier alpha value is -1.93. The van der Waals surface area contributed by atoms with Crippen LogP contribution in [0, 0.1) is 5.41 Å². The maximum absolute atomic E-state index is 12.4. The standard InChI is InChI=1S/C19H28N2O5S/c1-3-14(2)21-27(25,26)16-9-7-15(8-10-16)17(22)20-13-19(18(23)24)11-5-4-6-12-19/h7-10,14,21H,3-6,11-13H2,1-2H3,(H,20,22)(H,23,24). The Bertz CT molecular complexity index is 768. The van der Waals surface area contributed by atoms with Gasteiger partial charge in [0.2, 0.25) is 10.0 Å². The lowest BCUT2D eigenvalue weighted by molar-refractivity contribution is -0.150. The summed E-state index contributed by atoms with van der Waals surface area (Å²) in [4.78, 5) is 24.1. The van der Waals surface area contributed by atoms with Crippen LogP contribution in [0.1, 0.15) is 62.7 Å². The van der Waals surface area contributed by atoms with Crippen LogP contribution in [-0.4, -0.2) is 38.0 Å². The molecule has 1 saturated carbocycles. The van der Waals surface area contributed by atoms with E-state index in [1.165, 1.54) is 24.3 Å². The number of carbonyl (C=O) groups is 2. The highest BCUT2D eigenvalue weighted by Gasteiger charge is 2.39. The van der Waals surface area contributed by atoms with Gasteiger partial charge in [-0.05, 0) is 50.5 Å². The van der Waals surface area contributed by atoms with E-state index in [9.17, 15) is 23.1 Å². The Morgan fingerprint density at radius 1 is 1.15 bits per heavy atom. The summed E-state index contributed by atoms with van der Waals surface area (Å²) in [7, 11) is -3.62. The van der Waals surface area contributed by atoms with Crippen LogP contribution in [0.25, 0.3) is 0 Å². The zero-order valence-electron chi connectivity index (χ0n) is 15.8. The Kier molecular flexibility index (Phi) is 7.00. The fourth-order valence-corrected chi connectivity index (χ4v) is 4.57. The van der Waals surface area contributed by atoms with E-state index in [4.69, 9.17) is 0 Å². The maximum atomic E-state index is 12.4. The summed E-state index contributed by atoms with van der Waals surface area (Å²) >= 11 is 0. The molecule has 1 fully saturated rings. The second kappa shape index (κ2) is 8.84. The van der Waals surface area contributed by atoms with Crippen molar-refractivity contribution in [3.8, 4) is 0 Å². The summed E-state index contributed by atoms with van der Waals surface area (Å²) in [5.74, 6) is -1.28. The zero-order valence-corrected chi connectivity index (χ0v) is 16.6. The largest absolute Gasteiger partial charge is 0.481 e. The molecule has 7 nitrogen and oxygen atoms in total. The van der Waals surface area contributed by atoms with E-state index >= 15 is 0 Å². The second-order valence-corrected chi connectivity index (χ2v) is 9.00. The van der Waals surface area contributed by atoms with Crippen molar-refractivity contribution in [1.29, 1.82) is 0 Å². The van der Waals surface area contributed by atoms with Gasteiger partial charge in [-0.15, -0.1) is 0 Å². The first-order chi connectivity index (χ1) is 12.7. The Labute approximate surface area is 160 Å². The third-order valence-electron chi connectivity index (χ3n) is 5.25. The van der Waals surface area contributed by atoms with Crippen LogP contribution in [0.2, 0.25) is 0 Å². The first kappa shape index (κ1) is 21.4. The molecule has 1 atom stereocenters. The van der Waals surface area contributed by atoms with Crippen molar-refractivity contribution in [3.05, 3.63) is 29.8 Å². The van der Waals surface area contributed by atoms with Crippen LogP contribution in [0.5, 0.6) is 0 Å². The first-order valence-corrected chi connectivity index (χ1v) is 10.8. The van der Waals surface area contributed by atoms with Gasteiger partial charge in [-0.25, -0.2) is 13.1 Å². The van der Waals surface area contributed by atoms with E-state index in [0.717, 1.165) is 19.3 Å². The topological polar surface area (TPSA) is 113 Å². The van der Waals surface area contributed by atoms with Crippen molar-refractivity contribution < 1.29 is 23.1 Å². The van der Waals surface area contributed by atoms with E-state index < -0.39 is 27.3 Å². The molecule has 1 aliphatic rings. The SMILES string of the molecule is CCC(C)NS(=O)(=O)c1ccc(C(=O)NCC2(C(=O)O)CCCCC2)cc1. The van der Waals surface area contributed by atoms with Gasteiger partial charge in [-0.2, -0.15) is 0 Å². The molecule has 0 saturated heterocycles. The molecule has 0 bridgehead atoms. The predicted molar refractivity (Wildman–Crippen MR) is 102 cm³/mol. The lowest BCUT2D eigenvalue weighted by Gasteiger charge is -2.33. The number of carboxylic acids is 1. The molecule has 8 heteroatoms. The number of sulfonamides is 1. The lowest BCUT2D eigenvalue weighted by Crippen LogP contribution is -2.44. The number of nitrogens with one attached hydrogen (secondary N) is 2. The van der Waals surface area contributed by atoms with E-state index in [1.807, 2.05) is 6.92 Å². The molecule has 1 aromatic carbocycles. The third kappa shape index (κ3) is 5.29. The van der Waals surface area contributed by atoms with Crippen molar-refractivity contribution >= 4 is 21.9 Å². The molecule has 1 unspecified atom stereocenters. The molecular weight excluding hydrogens is 368 g/mol. The summed E-state index contributed by atoms with van der Waals surface area (Å²) < 4.78 is 27.1. The summed E-state index contributed by atoms with van der Waals surface area (Å²) in [5, 5.41) is 12.3. The van der Waals surface area contributed by atoms with Crippen LogP contribution in [0.3, 0.4) is 0 Å². The number of carboxylic acid groups (broad SMARTS) is 1. The second-order valence-electron chi connectivity index (χ2n) is 7.28.